The molecule has 0 atom stereocenters. The Morgan fingerprint density at radius 3 is 2.84 bits per heavy atom. The minimum absolute atomic E-state index is 0.123. The van der Waals surface area contributed by atoms with Gasteiger partial charge in [0.25, 0.3) is 5.56 Å². The molecule has 1 aliphatic heterocycles. The highest BCUT2D eigenvalue weighted by Crippen LogP contribution is 2.43. The molecule has 0 saturated heterocycles. The van der Waals surface area contributed by atoms with Crippen molar-refractivity contribution in [3.8, 4) is 11.1 Å². The third-order valence-corrected chi connectivity index (χ3v) is 5.24. The monoisotopic (exact) mass is 269 g/mol. The van der Waals surface area contributed by atoms with Gasteiger partial charge in [-0.15, -0.1) is 11.8 Å². The summed E-state index contributed by atoms with van der Waals surface area (Å²) in [6, 6.07) is 8.48. The second kappa shape index (κ2) is 4.27. The van der Waals surface area contributed by atoms with Gasteiger partial charge >= 0.3 is 0 Å². The van der Waals surface area contributed by atoms with E-state index in [-0.39, 0.29) is 5.56 Å². The van der Waals surface area contributed by atoms with Crippen LogP contribution in [-0.4, -0.2) is 4.98 Å². The fourth-order valence-electron chi connectivity index (χ4n) is 3.24. The van der Waals surface area contributed by atoms with Crippen LogP contribution in [0.3, 0.4) is 0 Å². The van der Waals surface area contributed by atoms with Crippen LogP contribution in [0, 0.1) is 0 Å². The van der Waals surface area contributed by atoms with Crippen molar-refractivity contribution in [1.29, 1.82) is 0 Å². The van der Waals surface area contributed by atoms with Gasteiger partial charge in [-0.25, -0.2) is 0 Å². The number of thioether (sulfide) groups is 1. The first kappa shape index (κ1) is 11.4. The van der Waals surface area contributed by atoms with Crippen molar-refractivity contribution in [2.24, 2.45) is 0 Å². The predicted octanol–water partition coefficient (Wildman–Crippen LogP) is 3.53. The van der Waals surface area contributed by atoms with E-state index in [9.17, 15) is 4.79 Å². The zero-order valence-corrected chi connectivity index (χ0v) is 11.5. The van der Waals surface area contributed by atoms with Gasteiger partial charge in [0, 0.05) is 21.9 Å². The van der Waals surface area contributed by atoms with Crippen molar-refractivity contribution in [2.75, 3.05) is 0 Å². The Balaban J connectivity index is 2.08. The molecular formula is C16H15NOS. The van der Waals surface area contributed by atoms with Crippen LogP contribution < -0.4 is 5.56 Å². The molecule has 4 rings (SSSR count). The lowest BCUT2D eigenvalue weighted by atomic mass is 9.87. The fraction of sp³-hybridized carbons (Fsp3) is 0.312. The summed E-state index contributed by atoms with van der Waals surface area (Å²) in [6.07, 6.45) is 4.56. The van der Waals surface area contributed by atoms with E-state index < -0.39 is 0 Å². The Hall–Kier alpha value is -1.48. The lowest BCUT2D eigenvalue weighted by Gasteiger charge is -2.25. The van der Waals surface area contributed by atoms with E-state index in [0.717, 1.165) is 24.2 Å². The van der Waals surface area contributed by atoms with Crippen molar-refractivity contribution in [3.05, 3.63) is 51.4 Å². The van der Waals surface area contributed by atoms with Gasteiger partial charge in [0.1, 0.15) is 0 Å². The van der Waals surface area contributed by atoms with Gasteiger partial charge in [0.05, 0.1) is 0 Å². The molecule has 2 heterocycles. The third-order valence-electron chi connectivity index (χ3n) is 4.14. The van der Waals surface area contributed by atoms with Gasteiger partial charge in [-0.05, 0) is 48.4 Å². The number of aromatic nitrogens is 1. The molecule has 0 saturated carbocycles. The summed E-state index contributed by atoms with van der Waals surface area (Å²) in [5.41, 5.74) is 6.18. The van der Waals surface area contributed by atoms with Crippen LogP contribution in [0.1, 0.15) is 29.7 Å². The topological polar surface area (TPSA) is 32.9 Å². The van der Waals surface area contributed by atoms with E-state index in [1.807, 2.05) is 0 Å². The van der Waals surface area contributed by atoms with Crippen molar-refractivity contribution in [2.45, 2.75) is 36.3 Å². The third kappa shape index (κ3) is 1.68. The summed E-state index contributed by atoms with van der Waals surface area (Å²) in [7, 11) is 0. The predicted molar refractivity (Wildman–Crippen MR) is 78.7 cm³/mol. The standard InChI is InChI=1S/C16H15NOS/c18-16-12-9-19-14-8-4-2-6-11(14)15(12)10-5-1-3-7-13(10)17-16/h2,4,6,8H,1,3,5,7,9H2,(H,17,18). The molecular weight excluding hydrogens is 254 g/mol. The quantitative estimate of drug-likeness (QED) is 0.793. The van der Waals surface area contributed by atoms with E-state index in [1.54, 1.807) is 11.8 Å². The minimum Gasteiger partial charge on any atom is -0.326 e. The molecule has 1 N–H and O–H groups in total. The zero-order valence-electron chi connectivity index (χ0n) is 10.7. The van der Waals surface area contributed by atoms with Crippen LogP contribution in [0.2, 0.25) is 0 Å². The average Bonchev–Trinajstić information content (AvgIpc) is 2.47. The highest BCUT2D eigenvalue weighted by molar-refractivity contribution is 7.98. The molecule has 96 valence electrons. The number of hydrogen-bond donors (Lipinski definition) is 1. The molecule has 0 bridgehead atoms. The fourth-order valence-corrected chi connectivity index (χ4v) is 4.31. The maximum atomic E-state index is 12.3. The Kier molecular flexibility index (Phi) is 2.55. The van der Waals surface area contributed by atoms with Gasteiger partial charge in [0.15, 0.2) is 0 Å². The molecule has 19 heavy (non-hydrogen) atoms. The number of aryl methyl sites for hydroxylation is 1. The Labute approximate surface area is 116 Å². The molecule has 2 aliphatic rings. The highest BCUT2D eigenvalue weighted by Gasteiger charge is 2.25. The molecule has 1 aromatic heterocycles. The van der Waals surface area contributed by atoms with E-state index in [2.05, 4.69) is 29.2 Å². The number of benzene rings is 1. The van der Waals surface area contributed by atoms with Crippen molar-refractivity contribution >= 4 is 11.8 Å². The Morgan fingerprint density at radius 1 is 1.05 bits per heavy atom. The molecule has 0 spiro atoms. The molecule has 3 heteroatoms. The first-order valence-corrected chi connectivity index (χ1v) is 7.82. The van der Waals surface area contributed by atoms with Crippen molar-refractivity contribution in [1.82, 2.24) is 4.98 Å². The largest absolute Gasteiger partial charge is 0.326 e. The lowest BCUT2D eigenvalue weighted by Crippen LogP contribution is -2.22. The van der Waals surface area contributed by atoms with Crippen LogP contribution in [0.15, 0.2) is 34.0 Å². The Morgan fingerprint density at radius 2 is 1.89 bits per heavy atom. The number of nitrogens with one attached hydrogen (secondary N) is 1. The van der Waals surface area contributed by atoms with Crippen molar-refractivity contribution < 1.29 is 0 Å². The minimum atomic E-state index is 0.123. The summed E-state index contributed by atoms with van der Waals surface area (Å²) < 4.78 is 0. The Bertz CT molecular complexity index is 717. The summed E-state index contributed by atoms with van der Waals surface area (Å²) >= 11 is 1.78. The van der Waals surface area contributed by atoms with Gasteiger partial charge < -0.3 is 4.98 Å². The summed E-state index contributed by atoms with van der Waals surface area (Å²) in [6.45, 7) is 0. The summed E-state index contributed by atoms with van der Waals surface area (Å²) in [4.78, 5) is 16.7. The SMILES string of the molecule is O=c1[nH]c2c(c3c1CSc1ccccc1-3)CCCC2. The number of H-pyrrole nitrogens is 1. The van der Waals surface area contributed by atoms with Crippen LogP contribution >= 0.6 is 11.8 Å². The van der Waals surface area contributed by atoms with Crippen LogP contribution in [0.25, 0.3) is 11.1 Å². The molecule has 1 aromatic carbocycles. The maximum Gasteiger partial charge on any atom is 0.252 e. The number of hydrogen-bond acceptors (Lipinski definition) is 2. The average molecular weight is 269 g/mol. The summed E-state index contributed by atoms with van der Waals surface area (Å²) in [5.74, 6) is 0.801. The van der Waals surface area contributed by atoms with E-state index in [0.29, 0.717) is 0 Å². The van der Waals surface area contributed by atoms with Crippen LogP contribution in [0.5, 0.6) is 0 Å². The first-order valence-electron chi connectivity index (χ1n) is 6.83. The zero-order chi connectivity index (χ0) is 12.8. The molecule has 0 fully saturated rings. The molecule has 0 amide bonds. The van der Waals surface area contributed by atoms with Gasteiger partial charge in [-0.3, -0.25) is 4.79 Å². The maximum absolute atomic E-state index is 12.3. The smallest absolute Gasteiger partial charge is 0.252 e. The normalized spacial score (nSPS) is 16.4. The van der Waals surface area contributed by atoms with E-state index in [4.69, 9.17) is 0 Å². The number of fused-ring (bicyclic) bond motifs is 5. The van der Waals surface area contributed by atoms with E-state index in [1.165, 1.54) is 40.1 Å². The van der Waals surface area contributed by atoms with E-state index >= 15 is 0 Å². The molecule has 1 aliphatic carbocycles. The van der Waals surface area contributed by atoms with Crippen LogP contribution in [-0.2, 0) is 18.6 Å². The number of rotatable bonds is 0. The molecule has 0 radical (unpaired) electrons. The molecule has 2 aromatic rings. The number of aromatic amines is 1. The first-order chi connectivity index (χ1) is 9.34. The molecule has 0 unspecified atom stereocenters. The highest BCUT2D eigenvalue weighted by atomic mass is 32.2. The summed E-state index contributed by atoms with van der Waals surface area (Å²) in [5, 5.41) is 0. The second-order valence-electron chi connectivity index (χ2n) is 5.26. The van der Waals surface area contributed by atoms with Crippen molar-refractivity contribution in [3.63, 3.8) is 0 Å². The van der Waals surface area contributed by atoms with Crippen LogP contribution in [0.4, 0.5) is 0 Å². The van der Waals surface area contributed by atoms with Gasteiger partial charge in [-0.2, -0.15) is 0 Å². The second-order valence-corrected chi connectivity index (χ2v) is 6.27. The van der Waals surface area contributed by atoms with Gasteiger partial charge in [-0.1, -0.05) is 18.2 Å². The lowest BCUT2D eigenvalue weighted by molar-refractivity contribution is 0.665. The van der Waals surface area contributed by atoms with Gasteiger partial charge in [0.2, 0.25) is 0 Å². The molecule has 2 nitrogen and oxygen atoms in total. The number of pyridine rings is 1.